The fraction of sp³-hybridized carbons (Fsp3) is 0.130. The molecule has 0 aliphatic carbocycles. The number of nitrogens with two attached hydrogens (primary N) is 1. The minimum atomic E-state index is -0.947. The number of non-ortho nitro benzene ring substituents is 1. The highest BCUT2D eigenvalue weighted by molar-refractivity contribution is 5.98. The molecule has 0 saturated heterocycles. The Morgan fingerprint density at radius 1 is 0.903 bits per heavy atom. The van der Waals surface area contributed by atoms with Gasteiger partial charge in [-0.1, -0.05) is 60.7 Å². The van der Waals surface area contributed by atoms with Gasteiger partial charge in [-0.15, -0.1) is 0 Å². The standard InChI is InChI=1S/C23H22N4O4/c24-21(15-18-11-13-20(14-12-18)27(30)31)23(29)25-26(19-9-5-2-6-10-19)22(28)16-17-7-3-1-4-8-17/h1-14,21H,15-16,24H2,(H,25,29). The van der Waals surface area contributed by atoms with Gasteiger partial charge in [0, 0.05) is 12.1 Å². The summed E-state index contributed by atoms with van der Waals surface area (Å²) in [6.45, 7) is 0. The van der Waals surface area contributed by atoms with Crippen LogP contribution in [0.4, 0.5) is 11.4 Å². The predicted molar refractivity (Wildman–Crippen MR) is 117 cm³/mol. The van der Waals surface area contributed by atoms with E-state index in [2.05, 4.69) is 5.43 Å². The van der Waals surface area contributed by atoms with E-state index >= 15 is 0 Å². The molecule has 0 bridgehead atoms. The highest BCUT2D eigenvalue weighted by Gasteiger charge is 2.22. The van der Waals surface area contributed by atoms with Crippen molar-refractivity contribution in [3.63, 3.8) is 0 Å². The third-order valence-corrected chi connectivity index (χ3v) is 4.62. The minimum Gasteiger partial charge on any atom is -0.320 e. The second-order valence-corrected chi connectivity index (χ2v) is 6.94. The fourth-order valence-electron chi connectivity index (χ4n) is 2.99. The lowest BCUT2D eigenvalue weighted by Gasteiger charge is -2.25. The molecule has 2 amide bonds. The van der Waals surface area contributed by atoms with Crippen LogP contribution in [0.3, 0.4) is 0 Å². The Bertz CT molecular complexity index is 1040. The summed E-state index contributed by atoms with van der Waals surface area (Å²) >= 11 is 0. The number of carbonyl (C=O) groups is 2. The average molecular weight is 418 g/mol. The monoisotopic (exact) mass is 418 g/mol. The van der Waals surface area contributed by atoms with E-state index < -0.39 is 16.9 Å². The molecule has 1 unspecified atom stereocenters. The molecule has 8 nitrogen and oxygen atoms in total. The van der Waals surface area contributed by atoms with Crippen molar-refractivity contribution in [2.75, 3.05) is 5.01 Å². The van der Waals surface area contributed by atoms with E-state index in [4.69, 9.17) is 5.73 Å². The van der Waals surface area contributed by atoms with Crippen LogP contribution in [0.5, 0.6) is 0 Å². The summed E-state index contributed by atoms with van der Waals surface area (Å²) in [6, 6.07) is 22.9. The first-order chi connectivity index (χ1) is 14.9. The molecule has 8 heteroatoms. The molecule has 0 aliphatic rings. The topological polar surface area (TPSA) is 119 Å². The zero-order chi connectivity index (χ0) is 22.2. The van der Waals surface area contributed by atoms with Gasteiger partial charge >= 0.3 is 0 Å². The molecular weight excluding hydrogens is 396 g/mol. The maximum atomic E-state index is 12.9. The molecule has 0 saturated carbocycles. The van der Waals surface area contributed by atoms with Gasteiger partial charge in [-0.3, -0.25) is 25.1 Å². The lowest BCUT2D eigenvalue weighted by Crippen LogP contribution is -2.53. The zero-order valence-corrected chi connectivity index (χ0v) is 16.7. The Kier molecular flexibility index (Phi) is 7.08. The number of nitro groups is 1. The van der Waals surface area contributed by atoms with E-state index in [-0.39, 0.29) is 24.4 Å². The number of nitrogens with zero attached hydrogens (tertiary/aromatic N) is 2. The first-order valence-corrected chi connectivity index (χ1v) is 9.65. The first kappa shape index (κ1) is 21.7. The molecule has 3 aromatic rings. The number of amides is 2. The second kappa shape index (κ2) is 10.1. The summed E-state index contributed by atoms with van der Waals surface area (Å²) in [5, 5.41) is 12.0. The molecule has 0 heterocycles. The summed E-state index contributed by atoms with van der Waals surface area (Å²) in [7, 11) is 0. The van der Waals surface area contributed by atoms with Gasteiger partial charge in [-0.25, -0.2) is 5.01 Å². The summed E-state index contributed by atoms with van der Waals surface area (Å²) in [5.41, 5.74) is 10.6. The van der Waals surface area contributed by atoms with E-state index in [0.717, 1.165) is 5.56 Å². The number of anilines is 1. The number of nitro benzene ring substituents is 1. The molecule has 0 aromatic heterocycles. The Hall–Kier alpha value is -4.04. The highest BCUT2D eigenvalue weighted by Crippen LogP contribution is 2.15. The summed E-state index contributed by atoms with van der Waals surface area (Å²) in [6.07, 6.45) is 0.271. The van der Waals surface area contributed by atoms with Crippen molar-refractivity contribution >= 4 is 23.2 Å². The van der Waals surface area contributed by atoms with Crippen molar-refractivity contribution in [2.24, 2.45) is 5.73 Å². The quantitative estimate of drug-likeness (QED) is 0.452. The molecule has 3 rings (SSSR count). The highest BCUT2D eigenvalue weighted by atomic mass is 16.6. The van der Waals surface area contributed by atoms with Crippen molar-refractivity contribution in [3.05, 3.63) is 106 Å². The number of hydrazine groups is 1. The summed E-state index contributed by atoms with van der Waals surface area (Å²) < 4.78 is 0. The lowest BCUT2D eigenvalue weighted by atomic mass is 10.1. The number of para-hydroxylation sites is 1. The van der Waals surface area contributed by atoms with Gasteiger partial charge in [-0.05, 0) is 29.7 Å². The molecular formula is C23H22N4O4. The van der Waals surface area contributed by atoms with Gasteiger partial charge in [0.1, 0.15) is 0 Å². The maximum absolute atomic E-state index is 12.9. The number of carbonyl (C=O) groups excluding carboxylic acids is 2. The summed E-state index contributed by atoms with van der Waals surface area (Å²) in [5.74, 6) is -0.850. The number of hydrogen-bond acceptors (Lipinski definition) is 5. The van der Waals surface area contributed by atoms with Crippen LogP contribution >= 0.6 is 0 Å². The number of hydrogen-bond donors (Lipinski definition) is 2. The smallest absolute Gasteiger partial charge is 0.269 e. The van der Waals surface area contributed by atoms with Crippen molar-refractivity contribution in [1.29, 1.82) is 0 Å². The Balaban J connectivity index is 1.71. The van der Waals surface area contributed by atoms with Crippen molar-refractivity contribution < 1.29 is 14.5 Å². The Morgan fingerprint density at radius 2 is 1.48 bits per heavy atom. The van der Waals surface area contributed by atoms with E-state index in [0.29, 0.717) is 11.3 Å². The molecule has 0 aliphatic heterocycles. The van der Waals surface area contributed by atoms with Crippen LogP contribution in [0, 0.1) is 10.1 Å². The Labute approximate surface area is 179 Å². The SMILES string of the molecule is NC(Cc1ccc([N+](=O)[O-])cc1)C(=O)NN(C(=O)Cc1ccccc1)c1ccccc1. The molecule has 158 valence electrons. The summed E-state index contributed by atoms with van der Waals surface area (Å²) in [4.78, 5) is 35.9. The largest absolute Gasteiger partial charge is 0.320 e. The van der Waals surface area contributed by atoms with Crippen LogP contribution in [0.15, 0.2) is 84.9 Å². The van der Waals surface area contributed by atoms with E-state index in [1.165, 1.54) is 17.1 Å². The first-order valence-electron chi connectivity index (χ1n) is 9.65. The van der Waals surface area contributed by atoms with Crippen molar-refractivity contribution in [3.8, 4) is 0 Å². The molecule has 3 N–H and O–H groups in total. The van der Waals surface area contributed by atoms with Gasteiger partial charge in [0.05, 0.1) is 23.1 Å². The van der Waals surface area contributed by atoms with Crippen LogP contribution in [0.1, 0.15) is 11.1 Å². The van der Waals surface area contributed by atoms with Gasteiger partial charge < -0.3 is 5.73 Å². The molecule has 3 aromatic carbocycles. The van der Waals surface area contributed by atoms with Gasteiger partial charge in [0.2, 0.25) is 5.91 Å². The fourth-order valence-corrected chi connectivity index (χ4v) is 2.99. The van der Waals surface area contributed by atoms with Gasteiger partial charge in [0.25, 0.3) is 11.6 Å². The predicted octanol–water partition coefficient (Wildman–Crippen LogP) is 2.77. The van der Waals surface area contributed by atoms with Crippen LogP contribution in [-0.4, -0.2) is 22.8 Å². The maximum Gasteiger partial charge on any atom is 0.269 e. The molecule has 0 radical (unpaired) electrons. The number of rotatable bonds is 7. The molecule has 31 heavy (non-hydrogen) atoms. The number of benzene rings is 3. The van der Waals surface area contributed by atoms with Crippen molar-refractivity contribution in [2.45, 2.75) is 18.9 Å². The third kappa shape index (κ3) is 5.97. The van der Waals surface area contributed by atoms with Gasteiger partial charge in [0.15, 0.2) is 0 Å². The number of nitrogens with one attached hydrogen (secondary N) is 1. The van der Waals surface area contributed by atoms with E-state index in [9.17, 15) is 19.7 Å². The molecule has 0 fully saturated rings. The Morgan fingerprint density at radius 3 is 2.06 bits per heavy atom. The minimum absolute atomic E-state index is 0.0384. The van der Waals surface area contributed by atoms with E-state index in [1.54, 1.807) is 36.4 Å². The second-order valence-electron chi connectivity index (χ2n) is 6.94. The average Bonchev–Trinajstić information content (AvgIpc) is 2.78. The lowest BCUT2D eigenvalue weighted by molar-refractivity contribution is -0.384. The van der Waals surface area contributed by atoms with Crippen LogP contribution < -0.4 is 16.2 Å². The third-order valence-electron chi connectivity index (χ3n) is 4.62. The van der Waals surface area contributed by atoms with Crippen LogP contribution in [0.2, 0.25) is 0 Å². The molecule has 0 spiro atoms. The van der Waals surface area contributed by atoms with Gasteiger partial charge in [-0.2, -0.15) is 0 Å². The zero-order valence-electron chi connectivity index (χ0n) is 16.7. The van der Waals surface area contributed by atoms with Crippen molar-refractivity contribution in [1.82, 2.24) is 5.43 Å². The van der Waals surface area contributed by atoms with E-state index in [1.807, 2.05) is 36.4 Å². The van der Waals surface area contributed by atoms with Crippen LogP contribution in [-0.2, 0) is 22.4 Å². The normalized spacial score (nSPS) is 11.4. The molecule has 1 atom stereocenters. The van der Waals surface area contributed by atoms with Crippen LogP contribution in [0.25, 0.3) is 0 Å².